The molecular weight excluding hydrogens is 390 g/mol. The maximum Gasteiger partial charge on any atom is 0.327 e. The molecule has 1 aliphatic rings. The second-order valence-corrected chi connectivity index (χ2v) is 7.52. The standard InChI is InChI=1S/C21H27N3O6/c1-5-6-10-21(4)19(28)24(20(29)23-21)12-17(26)30-14(3)18(27)22-16-9-7-8-15(11-16)13(2)25/h7-9,11,14H,5-6,10,12H2,1-4H3,(H,22,27)(H,23,29)/t14-,21-/m1/s1. The van der Waals surface area contributed by atoms with Gasteiger partial charge in [0.1, 0.15) is 12.1 Å². The fourth-order valence-corrected chi connectivity index (χ4v) is 3.07. The molecule has 1 aromatic rings. The van der Waals surface area contributed by atoms with E-state index in [0.717, 1.165) is 17.7 Å². The van der Waals surface area contributed by atoms with Gasteiger partial charge in [-0.3, -0.25) is 24.1 Å². The lowest BCUT2D eigenvalue weighted by molar-refractivity contribution is -0.155. The Labute approximate surface area is 175 Å². The number of urea groups is 1. The highest BCUT2D eigenvalue weighted by Gasteiger charge is 2.48. The van der Waals surface area contributed by atoms with Crippen molar-refractivity contribution in [1.82, 2.24) is 10.2 Å². The number of carbonyl (C=O) groups excluding carboxylic acids is 5. The number of unbranched alkanes of at least 4 members (excludes halogenated alkanes) is 1. The van der Waals surface area contributed by atoms with Crippen molar-refractivity contribution in [3.8, 4) is 0 Å². The number of imide groups is 1. The SMILES string of the molecule is CCCC[C@@]1(C)NC(=O)N(CC(=O)O[C@H](C)C(=O)Nc2cccc(C(C)=O)c2)C1=O. The van der Waals surface area contributed by atoms with Crippen molar-refractivity contribution in [2.75, 3.05) is 11.9 Å². The van der Waals surface area contributed by atoms with Crippen LogP contribution in [-0.2, 0) is 19.1 Å². The first-order valence-electron chi connectivity index (χ1n) is 9.83. The van der Waals surface area contributed by atoms with Crippen LogP contribution in [0.2, 0.25) is 0 Å². The number of amides is 4. The van der Waals surface area contributed by atoms with E-state index in [-0.39, 0.29) is 5.78 Å². The number of nitrogens with one attached hydrogen (secondary N) is 2. The molecule has 9 heteroatoms. The summed E-state index contributed by atoms with van der Waals surface area (Å²) >= 11 is 0. The Hall–Kier alpha value is -3.23. The molecule has 2 atom stereocenters. The maximum atomic E-state index is 12.6. The van der Waals surface area contributed by atoms with Gasteiger partial charge >= 0.3 is 12.0 Å². The fraction of sp³-hybridized carbons (Fsp3) is 0.476. The number of benzene rings is 1. The summed E-state index contributed by atoms with van der Waals surface area (Å²) < 4.78 is 5.08. The van der Waals surface area contributed by atoms with Crippen LogP contribution < -0.4 is 10.6 Å². The zero-order valence-electron chi connectivity index (χ0n) is 17.6. The summed E-state index contributed by atoms with van der Waals surface area (Å²) in [6.45, 7) is 5.81. The molecule has 0 unspecified atom stereocenters. The largest absolute Gasteiger partial charge is 0.451 e. The molecule has 30 heavy (non-hydrogen) atoms. The maximum absolute atomic E-state index is 12.6. The van der Waals surface area contributed by atoms with Crippen molar-refractivity contribution in [1.29, 1.82) is 0 Å². The van der Waals surface area contributed by atoms with Gasteiger partial charge in [-0.1, -0.05) is 31.9 Å². The first-order valence-corrected chi connectivity index (χ1v) is 9.83. The molecule has 1 fully saturated rings. The molecule has 0 spiro atoms. The Kier molecular flexibility index (Phi) is 7.31. The van der Waals surface area contributed by atoms with Gasteiger partial charge in [-0.15, -0.1) is 0 Å². The van der Waals surface area contributed by atoms with Crippen LogP contribution in [0.4, 0.5) is 10.5 Å². The van der Waals surface area contributed by atoms with Gasteiger partial charge in [0.15, 0.2) is 11.9 Å². The van der Waals surface area contributed by atoms with Crippen molar-refractivity contribution in [3.05, 3.63) is 29.8 Å². The minimum atomic E-state index is -1.16. The molecule has 0 bridgehead atoms. The van der Waals surface area contributed by atoms with Crippen LogP contribution >= 0.6 is 0 Å². The summed E-state index contributed by atoms with van der Waals surface area (Å²) in [5, 5.41) is 5.18. The third kappa shape index (κ3) is 5.43. The van der Waals surface area contributed by atoms with Crippen molar-refractivity contribution in [2.24, 2.45) is 0 Å². The zero-order chi connectivity index (χ0) is 22.5. The Bertz CT molecular complexity index is 868. The summed E-state index contributed by atoms with van der Waals surface area (Å²) in [6, 6.07) is 5.69. The number of anilines is 1. The Morgan fingerprint density at radius 1 is 1.27 bits per heavy atom. The van der Waals surface area contributed by atoms with Crippen LogP contribution in [0.15, 0.2) is 24.3 Å². The average Bonchev–Trinajstić information content (AvgIpc) is 2.89. The summed E-state index contributed by atoms with van der Waals surface area (Å²) in [6.07, 6.45) is 0.925. The number of ether oxygens (including phenoxy) is 1. The van der Waals surface area contributed by atoms with Crippen LogP contribution in [0, 0.1) is 0 Å². The van der Waals surface area contributed by atoms with Gasteiger partial charge < -0.3 is 15.4 Å². The monoisotopic (exact) mass is 417 g/mol. The Morgan fingerprint density at radius 3 is 2.60 bits per heavy atom. The van der Waals surface area contributed by atoms with E-state index in [1.54, 1.807) is 25.1 Å². The molecule has 1 heterocycles. The van der Waals surface area contributed by atoms with Crippen LogP contribution in [0.1, 0.15) is 57.3 Å². The first kappa shape index (κ1) is 23.1. The van der Waals surface area contributed by atoms with E-state index in [1.807, 2.05) is 6.92 Å². The van der Waals surface area contributed by atoms with E-state index < -0.39 is 42.0 Å². The molecule has 0 aromatic heterocycles. The molecule has 0 saturated carbocycles. The number of esters is 1. The van der Waals surface area contributed by atoms with E-state index in [4.69, 9.17) is 4.74 Å². The summed E-state index contributed by atoms with van der Waals surface area (Å²) in [5.41, 5.74) is -0.225. The number of hydrogen-bond donors (Lipinski definition) is 2. The molecule has 162 valence electrons. The van der Waals surface area contributed by atoms with Gasteiger partial charge in [0.2, 0.25) is 0 Å². The second kappa shape index (κ2) is 9.51. The van der Waals surface area contributed by atoms with Gasteiger partial charge in [-0.2, -0.15) is 0 Å². The number of carbonyl (C=O) groups is 5. The molecule has 0 aliphatic carbocycles. The quantitative estimate of drug-likeness (QED) is 0.361. The minimum Gasteiger partial charge on any atom is -0.451 e. The van der Waals surface area contributed by atoms with Gasteiger partial charge in [0, 0.05) is 11.3 Å². The topological polar surface area (TPSA) is 122 Å². The van der Waals surface area contributed by atoms with Gasteiger partial charge in [0.05, 0.1) is 0 Å². The van der Waals surface area contributed by atoms with Crippen LogP contribution in [0.25, 0.3) is 0 Å². The molecular formula is C21H27N3O6. The minimum absolute atomic E-state index is 0.148. The number of Topliss-reactive ketones (excluding diaryl/α,β-unsaturated/α-hetero) is 1. The average molecular weight is 417 g/mol. The van der Waals surface area contributed by atoms with E-state index in [1.165, 1.54) is 19.9 Å². The summed E-state index contributed by atoms with van der Waals surface area (Å²) in [5.74, 6) is -2.12. The molecule has 1 saturated heterocycles. The summed E-state index contributed by atoms with van der Waals surface area (Å²) in [4.78, 5) is 61.4. The van der Waals surface area contributed by atoms with Crippen molar-refractivity contribution in [3.63, 3.8) is 0 Å². The Balaban J connectivity index is 1.93. The number of rotatable bonds is 9. The van der Waals surface area contributed by atoms with E-state index in [9.17, 15) is 24.0 Å². The third-order valence-corrected chi connectivity index (χ3v) is 4.88. The number of hydrogen-bond acceptors (Lipinski definition) is 6. The zero-order valence-corrected chi connectivity index (χ0v) is 17.6. The molecule has 2 N–H and O–H groups in total. The molecule has 9 nitrogen and oxygen atoms in total. The highest BCUT2D eigenvalue weighted by Crippen LogP contribution is 2.23. The number of nitrogens with zero attached hydrogens (tertiary/aromatic N) is 1. The van der Waals surface area contributed by atoms with Crippen LogP contribution in [-0.4, -0.2) is 52.7 Å². The smallest absolute Gasteiger partial charge is 0.327 e. The normalized spacial score (nSPS) is 19.3. The van der Waals surface area contributed by atoms with E-state index in [2.05, 4.69) is 10.6 Å². The van der Waals surface area contributed by atoms with Crippen LogP contribution in [0.5, 0.6) is 0 Å². The lowest BCUT2D eigenvalue weighted by Crippen LogP contribution is -2.44. The van der Waals surface area contributed by atoms with E-state index in [0.29, 0.717) is 17.7 Å². The second-order valence-electron chi connectivity index (χ2n) is 7.52. The molecule has 1 aromatic carbocycles. The molecule has 1 aliphatic heterocycles. The Morgan fingerprint density at radius 2 is 1.97 bits per heavy atom. The van der Waals surface area contributed by atoms with Crippen molar-refractivity contribution >= 4 is 35.3 Å². The first-order chi connectivity index (χ1) is 14.1. The lowest BCUT2D eigenvalue weighted by Gasteiger charge is -2.21. The lowest BCUT2D eigenvalue weighted by atomic mass is 9.95. The van der Waals surface area contributed by atoms with Gasteiger partial charge in [-0.05, 0) is 39.3 Å². The van der Waals surface area contributed by atoms with Crippen molar-refractivity contribution in [2.45, 2.75) is 58.6 Å². The van der Waals surface area contributed by atoms with E-state index >= 15 is 0 Å². The van der Waals surface area contributed by atoms with Gasteiger partial charge in [-0.25, -0.2) is 4.79 Å². The summed E-state index contributed by atoms with van der Waals surface area (Å²) in [7, 11) is 0. The van der Waals surface area contributed by atoms with Crippen LogP contribution in [0.3, 0.4) is 0 Å². The molecule has 2 rings (SSSR count). The predicted molar refractivity (Wildman–Crippen MR) is 109 cm³/mol. The highest BCUT2D eigenvalue weighted by molar-refractivity contribution is 6.08. The fourth-order valence-electron chi connectivity index (χ4n) is 3.07. The highest BCUT2D eigenvalue weighted by atomic mass is 16.5. The van der Waals surface area contributed by atoms with Gasteiger partial charge in [0.25, 0.3) is 11.8 Å². The number of ketones is 1. The molecule has 0 radical (unpaired) electrons. The predicted octanol–water partition coefficient (Wildman–Crippen LogP) is 2.26. The molecule has 4 amide bonds. The third-order valence-electron chi connectivity index (χ3n) is 4.88. The van der Waals surface area contributed by atoms with Crippen molar-refractivity contribution < 1.29 is 28.7 Å².